The first-order valence-electron chi connectivity index (χ1n) is 10.3. The summed E-state index contributed by atoms with van der Waals surface area (Å²) in [6, 6.07) is 13.4. The van der Waals surface area contributed by atoms with Crippen molar-refractivity contribution in [1.82, 2.24) is 10.2 Å². The van der Waals surface area contributed by atoms with E-state index in [0.29, 0.717) is 17.9 Å². The fraction of sp³-hybridized carbons (Fsp3) is 0.391. The van der Waals surface area contributed by atoms with Gasteiger partial charge in [0, 0.05) is 19.7 Å². The van der Waals surface area contributed by atoms with Crippen LogP contribution in [-0.2, 0) is 26.2 Å². The van der Waals surface area contributed by atoms with Gasteiger partial charge in [-0.25, -0.2) is 8.42 Å². The lowest BCUT2D eigenvalue weighted by Crippen LogP contribution is -2.51. The van der Waals surface area contributed by atoms with E-state index in [1.165, 1.54) is 19.1 Å². The lowest BCUT2D eigenvalue weighted by atomic mass is 10.1. The van der Waals surface area contributed by atoms with E-state index in [9.17, 15) is 18.0 Å². The summed E-state index contributed by atoms with van der Waals surface area (Å²) in [5.74, 6) is -0.312. The molecule has 0 bridgehead atoms. The molecule has 0 saturated carbocycles. The Morgan fingerprint density at radius 3 is 2.38 bits per heavy atom. The topological polar surface area (TPSA) is 96.0 Å². The molecule has 1 N–H and O–H groups in total. The molecule has 0 heterocycles. The van der Waals surface area contributed by atoms with Crippen LogP contribution >= 0.6 is 0 Å². The molecule has 2 aromatic carbocycles. The summed E-state index contributed by atoms with van der Waals surface area (Å²) >= 11 is 0. The maximum atomic E-state index is 13.4. The molecule has 2 aromatic rings. The molecule has 0 aliphatic rings. The van der Waals surface area contributed by atoms with Gasteiger partial charge in [-0.3, -0.25) is 13.9 Å². The van der Waals surface area contributed by atoms with Crippen LogP contribution in [0.2, 0.25) is 0 Å². The molecule has 174 valence electrons. The van der Waals surface area contributed by atoms with Gasteiger partial charge in [-0.1, -0.05) is 42.8 Å². The van der Waals surface area contributed by atoms with Crippen molar-refractivity contribution < 1.29 is 22.7 Å². The first-order chi connectivity index (χ1) is 15.1. The maximum absolute atomic E-state index is 13.4. The minimum absolute atomic E-state index is 0.183. The number of hydrogen-bond donors (Lipinski definition) is 1. The molecule has 0 aliphatic heterocycles. The van der Waals surface area contributed by atoms with Crippen LogP contribution in [0.3, 0.4) is 0 Å². The van der Waals surface area contributed by atoms with Crippen LogP contribution in [-0.4, -0.2) is 58.1 Å². The van der Waals surface area contributed by atoms with E-state index in [2.05, 4.69) is 5.32 Å². The molecular formula is C23H31N3O5S. The number of anilines is 1. The average Bonchev–Trinajstić information content (AvgIpc) is 2.76. The normalized spacial score (nSPS) is 12.0. The molecule has 0 fully saturated rings. The largest absolute Gasteiger partial charge is 0.497 e. The third-order valence-electron chi connectivity index (χ3n) is 5.09. The summed E-state index contributed by atoms with van der Waals surface area (Å²) in [7, 11) is -0.786. The Kier molecular flexibility index (Phi) is 8.65. The van der Waals surface area contributed by atoms with Crippen molar-refractivity contribution in [3.63, 3.8) is 0 Å². The van der Waals surface area contributed by atoms with E-state index in [4.69, 9.17) is 4.74 Å². The highest BCUT2D eigenvalue weighted by Gasteiger charge is 2.31. The lowest BCUT2D eigenvalue weighted by molar-refractivity contribution is -0.140. The van der Waals surface area contributed by atoms with Gasteiger partial charge in [0.25, 0.3) is 0 Å². The molecule has 2 rings (SSSR count). The van der Waals surface area contributed by atoms with E-state index >= 15 is 0 Å². The van der Waals surface area contributed by atoms with Crippen LogP contribution in [0.5, 0.6) is 5.75 Å². The number of ether oxygens (including phenoxy) is 1. The SMILES string of the molecule is CC[C@@H](C(=O)NC)N(Cc1cccc(C)c1)C(=O)CN(c1cccc(OC)c1)S(C)(=O)=O. The van der Waals surface area contributed by atoms with Gasteiger partial charge in [0.05, 0.1) is 19.1 Å². The minimum atomic E-state index is -3.78. The number of rotatable bonds is 10. The Morgan fingerprint density at radius 2 is 1.81 bits per heavy atom. The van der Waals surface area contributed by atoms with Crippen LogP contribution in [0.25, 0.3) is 0 Å². The maximum Gasteiger partial charge on any atom is 0.244 e. The highest BCUT2D eigenvalue weighted by Crippen LogP contribution is 2.24. The summed E-state index contributed by atoms with van der Waals surface area (Å²) in [6.07, 6.45) is 1.43. The van der Waals surface area contributed by atoms with Crippen molar-refractivity contribution in [1.29, 1.82) is 0 Å². The van der Waals surface area contributed by atoms with Gasteiger partial charge >= 0.3 is 0 Å². The third kappa shape index (κ3) is 6.46. The Morgan fingerprint density at radius 1 is 1.12 bits per heavy atom. The molecule has 1 atom stereocenters. The smallest absolute Gasteiger partial charge is 0.244 e. The van der Waals surface area contributed by atoms with Crippen molar-refractivity contribution in [2.45, 2.75) is 32.9 Å². The summed E-state index contributed by atoms with van der Waals surface area (Å²) < 4.78 is 31.3. The molecule has 32 heavy (non-hydrogen) atoms. The number of aryl methyl sites for hydroxylation is 1. The predicted octanol–water partition coefficient (Wildman–Crippen LogP) is 2.32. The quantitative estimate of drug-likeness (QED) is 0.586. The molecule has 2 amide bonds. The molecule has 8 nitrogen and oxygen atoms in total. The fourth-order valence-corrected chi connectivity index (χ4v) is 4.31. The third-order valence-corrected chi connectivity index (χ3v) is 6.23. The summed E-state index contributed by atoms with van der Waals surface area (Å²) in [5, 5.41) is 2.60. The molecule has 0 radical (unpaired) electrons. The highest BCUT2D eigenvalue weighted by atomic mass is 32.2. The Bertz CT molecular complexity index is 1060. The van der Waals surface area contributed by atoms with E-state index in [1.54, 1.807) is 24.3 Å². The van der Waals surface area contributed by atoms with Gasteiger partial charge in [-0.05, 0) is 31.0 Å². The average molecular weight is 462 g/mol. The van der Waals surface area contributed by atoms with Crippen LogP contribution in [0.15, 0.2) is 48.5 Å². The van der Waals surface area contributed by atoms with Crippen molar-refractivity contribution in [3.8, 4) is 5.75 Å². The van der Waals surface area contributed by atoms with E-state index in [0.717, 1.165) is 21.7 Å². The van der Waals surface area contributed by atoms with Crippen molar-refractivity contribution in [3.05, 3.63) is 59.7 Å². The molecular weight excluding hydrogens is 430 g/mol. The first-order valence-corrected chi connectivity index (χ1v) is 12.1. The van der Waals surface area contributed by atoms with Gasteiger partial charge < -0.3 is 15.0 Å². The predicted molar refractivity (Wildman–Crippen MR) is 125 cm³/mol. The zero-order valence-electron chi connectivity index (χ0n) is 19.2. The number of sulfonamides is 1. The molecule has 0 saturated heterocycles. The monoisotopic (exact) mass is 461 g/mol. The standard InChI is InChI=1S/C23H31N3O5S/c1-6-21(23(28)24-3)25(15-18-10-7-9-17(2)13-18)22(27)16-26(32(5,29)30)19-11-8-12-20(14-19)31-4/h7-14,21H,6,15-16H2,1-5H3,(H,24,28)/t21-/m0/s1. The van der Waals surface area contributed by atoms with Gasteiger partial charge in [0.15, 0.2) is 0 Å². The minimum Gasteiger partial charge on any atom is -0.497 e. The van der Waals surface area contributed by atoms with E-state index < -0.39 is 28.5 Å². The van der Waals surface area contributed by atoms with Gasteiger partial charge in [-0.2, -0.15) is 0 Å². The number of nitrogens with zero attached hydrogens (tertiary/aromatic N) is 2. The number of likely N-dealkylation sites (N-methyl/N-ethyl adjacent to an activating group) is 1. The first kappa shape index (κ1) is 25.2. The number of amides is 2. The molecule has 0 aromatic heterocycles. The number of carbonyl (C=O) groups is 2. The Labute approximate surface area is 190 Å². The number of hydrogen-bond acceptors (Lipinski definition) is 5. The summed E-state index contributed by atoms with van der Waals surface area (Å²) in [4.78, 5) is 27.4. The summed E-state index contributed by atoms with van der Waals surface area (Å²) in [5.41, 5.74) is 2.19. The van der Waals surface area contributed by atoms with Crippen LogP contribution < -0.4 is 14.4 Å². The molecule has 9 heteroatoms. The lowest BCUT2D eigenvalue weighted by Gasteiger charge is -2.32. The number of methoxy groups -OCH3 is 1. The van der Waals surface area contributed by atoms with E-state index in [-0.39, 0.29) is 12.5 Å². The summed E-state index contributed by atoms with van der Waals surface area (Å²) in [6.45, 7) is 3.50. The van der Waals surface area contributed by atoms with Gasteiger partial charge in [0.2, 0.25) is 21.8 Å². The Balaban J connectivity index is 2.44. The number of carbonyl (C=O) groups excluding carboxylic acids is 2. The second kappa shape index (κ2) is 11.0. The zero-order chi connectivity index (χ0) is 23.9. The fourth-order valence-electron chi connectivity index (χ4n) is 3.47. The number of benzene rings is 2. The van der Waals surface area contributed by atoms with Crippen LogP contribution in [0.1, 0.15) is 24.5 Å². The van der Waals surface area contributed by atoms with Crippen molar-refractivity contribution in [2.24, 2.45) is 0 Å². The Hall–Kier alpha value is -3.07. The molecule has 0 unspecified atom stereocenters. The van der Waals surface area contributed by atoms with E-state index in [1.807, 2.05) is 38.1 Å². The van der Waals surface area contributed by atoms with Gasteiger partial charge in [-0.15, -0.1) is 0 Å². The van der Waals surface area contributed by atoms with Crippen LogP contribution in [0.4, 0.5) is 5.69 Å². The van der Waals surface area contributed by atoms with Crippen molar-refractivity contribution in [2.75, 3.05) is 31.3 Å². The number of nitrogens with one attached hydrogen (secondary N) is 1. The van der Waals surface area contributed by atoms with Gasteiger partial charge in [0.1, 0.15) is 18.3 Å². The molecule has 0 aliphatic carbocycles. The highest BCUT2D eigenvalue weighted by molar-refractivity contribution is 7.92. The second-order valence-electron chi connectivity index (χ2n) is 7.52. The molecule has 0 spiro atoms. The second-order valence-corrected chi connectivity index (χ2v) is 9.43. The van der Waals surface area contributed by atoms with Crippen LogP contribution in [0, 0.1) is 6.92 Å². The van der Waals surface area contributed by atoms with Crippen molar-refractivity contribution >= 4 is 27.5 Å². The zero-order valence-corrected chi connectivity index (χ0v) is 20.0.